The van der Waals surface area contributed by atoms with Crippen molar-refractivity contribution in [2.75, 3.05) is 6.61 Å². The standard InChI is InChI=1S/C13H25NO/c1-6-8-9-10-11(14)12(15-7-2)13(3,4)5/h1,11-12H,7-10,14H2,2-5H3. The molecule has 2 atom stereocenters. The third-order valence-electron chi connectivity index (χ3n) is 2.45. The first-order chi connectivity index (χ1) is 6.93. The first kappa shape index (κ1) is 14.5. The molecule has 0 aromatic carbocycles. The molecule has 0 fully saturated rings. The van der Waals surface area contributed by atoms with Crippen molar-refractivity contribution >= 4 is 0 Å². The summed E-state index contributed by atoms with van der Waals surface area (Å²) in [5.74, 6) is 2.64. The van der Waals surface area contributed by atoms with Gasteiger partial charge in [0.2, 0.25) is 0 Å². The minimum absolute atomic E-state index is 0.0818. The molecular formula is C13H25NO. The average Bonchev–Trinajstić information content (AvgIpc) is 2.12. The lowest BCUT2D eigenvalue weighted by Crippen LogP contribution is -2.45. The Morgan fingerprint density at radius 2 is 2.00 bits per heavy atom. The fourth-order valence-corrected chi connectivity index (χ4v) is 1.79. The maximum Gasteiger partial charge on any atom is 0.0773 e. The zero-order valence-corrected chi connectivity index (χ0v) is 10.5. The van der Waals surface area contributed by atoms with Crippen LogP contribution in [-0.4, -0.2) is 18.8 Å². The fourth-order valence-electron chi connectivity index (χ4n) is 1.79. The van der Waals surface area contributed by atoms with Gasteiger partial charge in [0.25, 0.3) is 0 Å². The lowest BCUT2D eigenvalue weighted by molar-refractivity contribution is -0.0293. The molecule has 0 aliphatic heterocycles. The monoisotopic (exact) mass is 211 g/mol. The van der Waals surface area contributed by atoms with Gasteiger partial charge in [0.05, 0.1) is 6.10 Å². The highest BCUT2D eigenvalue weighted by Crippen LogP contribution is 2.26. The molecule has 0 radical (unpaired) electrons. The van der Waals surface area contributed by atoms with Crippen molar-refractivity contribution in [1.29, 1.82) is 0 Å². The Morgan fingerprint density at radius 1 is 1.40 bits per heavy atom. The summed E-state index contributed by atoms with van der Waals surface area (Å²) in [6, 6.07) is 0.0818. The van der Waals surface area contributed by atoms with Crippen molar-refractivity contribution in [3.05, 3.63) is 0 Å². The number of hydrogen-bond donors (Lipinski definition) is 1. The highest BCUT2D eigenvalue weighted by Gasteiger charge is 2.30. The maximum absolute atomic E-state index is 6.14. The van der Waals surface area contributed by atoms with Gasteiger partial charge in [0.1, 0.15) is 0 Å². The van der Waals surface area contributed by atoms with Crippen LogP contribution in [0.4, 0.5) is 0 Å². The Labute approximate surface area is 94.6 Å². The van der Waals surface area contributed by atoms with Gasteiger partial charge in [-0.3, -0.25) is 0 Å². The van der Waals surface area contributed by atoms with Crippen LogP contribution in [0.15, 0.2) is 0 Å². The van der Waals surface area contributed by atoms with Crippen molar-refractivity contribution in [2.24, 2.45) is 11.1 Å². The molecule has 88 valence electrons. The molecule has 15 heavy (non-hydrogen) atoms. The van der Waals surface area contributed by atoms with Crippen LogP contribution in [0, 0.1) is 17.8 Å². The summed E-state index contributed by atoms with van der Waals surface area (Å²) in [4.78, 5) is 0. The smallest absolute Gasteiger partial charge is 0.0773 e. The number of rotatable bonds is 6. The van der Waals surface area contributed by atoms with Gasteiger partial charge in [-0.25, -0.2) is 0 Å². The summed E-state index contributed by atoms with van der Waals surface area (Å²) in [7, 11) is 0. The minimum Gasteiger partial charge on any atom is -0.376 e. The van der Waals surface area contributed by atoms with Gasteiger partial charge in [-0.2, -0.15) is 0 Å². The first-order valence-corrected chi connectivity index (χ1v) is 5.74. The van der Waals surface area contributed by atoms with Gasteiger partial charge in [-0.15, -0.1) is 12.3 Å². The number of ether oxygens (including phenoxy) is 1. The predicted octanol–water partition coefficient (Wildman–Crippen LogP) is 2.57. The lowest BCUT2D eigenvalue weighted by Gasteiger charge is -2.34. The number of unbranched alkanes of at least 4 members (excludes halogenated alkanes) is 1. The molecule has 2 nitrogen and oxygen atoms in total. The van der Waals surface area contributed by atoms with Crippen LogP contribution in [0.2, 0.25) is 0 Å². The minimum atomic E-state index is 0.0818. The zero-order chi connectivity index (χ0) is 11.9. The molecule has 2 unspecified atom stereocenters. The number of hydrogen-bond acceptors (Lipinski definition) is 2. The van der Waals surface area contributed by atoms with Gasteiger partial charge in [0, 0.05) is 19.1 Å². The summed E-state index contributed by atoms with van der Waals surface area (Å²) in [5, 5.41) is 0. The van der Waals surface area contributed by atoms with Crippen LogP contribution in [-0.2, 0) is 4.74 Å². The topological polar surface area (TPSA) is 35.2 Å². The predicted molar refractivity (Wildman–Crippen MR) is 65.5 cm³/mol. The van der Waals surface area contributed by atoms with Crippen LogP contribution < -0.4 is 5.73 Å². The molecule has 0 aliphatic rings. The third kappa shape index (κ3) is 5.81. The van der Waals surface area contributed by atoms with Crippen molar-refractivity contribution in [3.8, 4) is 12.3 Å². The van der Waals surface area contributed by atoms with E-state index >= 15 is 0 Å². The fraction of sp³-hybridized carbons (Fsp3) is 0.846. The molecule has 0 saturated heterocycles. The van der Waals surface area contributed by atoms with E-state index < -0.39 is 0 Å². The van der Waals surface area contributed by atoms with E-state index in [9.17, 15) is 0 Å². The quantitative estimate of drug-likeness (QED) is 0.541. The van der Waals surface area contributed by atoms with Crippen molar-refractivity contribution in [2.45, 2.75) is 59.1 Å². The average molecular weight is 211 g/mol. The van der Waals surface area contributed by atoms with E-state index in [0.717, 1.165) is 19.3 Å². The molecule has 0 saturated carbocycles. The zero-order valence-electron chi connectivity index (χ0n) is 10.5. The van der Waals surface area contributed by atoms with Crippen LogP contribution in [0.3, 0.4) is 0 Å². The van der Waals surface area contributed by atoms with Gasteiger partial charge < -0.3 is 10.5 Å². The molecule has 0 aromatic rings. The normalized spacial score (nSPS) is 15.7. The Bertz CT molecular complexity index is 200. The molecule has 0 bridgehead atoms. The first-order valence-electron chi connectivity index (χ1n) is 5.74. The van der Waals surface area contributed by atoms with Crippen LogP contribution in [0.25, 0.3) is 0 Å². The second kappa shape index (κ2) is 6.87. The van der Waals surface area contributed by atoms with Crippen LogP contribution in [0.5, 0.6) is 0 Å². The van der Waals surface area contributed by atoms with Crippen LogP contribution in [0.1, 0.15) is 47.0 Å². The van der Waals surface area contributed by atoms with Crippen LogP contribution >= 0.6 is 0 Å². The van der Waals surface area contributed by atoms with E-state index in [2.05, 4.69) is 26.7 Å². The summed E-state index contributed by atoms with van der Waals surface area (Å²) < 4.78 is 5.72. The van der Waals surface area contributed by atoms with Gasteiger partial charge in [-0.1, -0.05) is 20.8 Å². The highest BCUT2D eigenvalue weighted by molar-refractivity contribution is 4.87. The second-order valence-electron chi connectivity index (χ2n) is 5.00. The van der Waals surface area contributed by atoms with E-state index in [4.69, 9.17) is 16.9 Å². The highest BCUT2D eigenvalue weighted by atomic mass is 16.5. The van der Waals surface area contributed by atoms with E-state index in [1.165, 1.54) is 0 Å². The molecule has 0 rings (SSSR count). The van der Waals surface area contributed by atoms with E-state index in [1.54, 1.807) is 0 Å². The summed E-state index contributed by atoms with van der Waals surface area (Å²) in [6.45, 7) is 9.20. The molecule has 0 spiro atoms. The van der Waals surface area contributed by atoms with Crippen molar-refractivity contribution < 1.29 is 4.74 Å². The summed E-state index contributed by atoms with van der Waals surface area (Å²) in [5.41, 5.74) is 6.23. The third-order valence-corrected chi connectivity index (χ3v) is 2.45. The summed E-state index contributed by atoms with van der Waals surface area (Å²) in [6.07, 6.45) is 8.05. The molecular weight excluding hydrogens is 186 g/mol. The second-order valence-corrected chi connectivity index (χ2v) is 5.00. The Morgan fingerprint density at radius 3 is 2.40 bits per heavy atom. The van der Waals surface area contributed by atoms with Gasteiger partial charge >= 0.3 is 0 Å². The van der Waals surface area contributed by atoms with Crippen molar-refractivity contribution in [3.63, 3.8) is 0 Å². The van der Waals surface area contributed by atoms with Crippen molar-refractivity contribution in [1.82, 2.24) is 0 Å². The molecule has 0 amide bonds. The maximum atomic E-state index is 6.14. The Kier molecular flexibility index (Phi) is 6.63. The molecule has 0 heterocycles. The number of nitrogens with two attached hydrogens (primary N) is 1. The Balaban J connectivity index is 4.18. The molecule has 0 aromatic heterocycles. The summed E-state index contributed by atoms with van der Waals surface area (Å²) >= 11 is 0. The van der Waals surface area contributed by atoms with E-state index in [-0.39, 0.29) is 17.6 Å². The van der Waals surface area contributed by atoms with Gasteiger partial charge in [0.15, 0.2) is 0 Å². The number of terminal acetylenes is 1. The SMILES string of the molecule is C#CCCCC(N)C(OCC)C(C)(C)C. The lowest BCUT2D eigenvalue weighted by atomic mass is 9.83. The van der Waals surface area contributed by atoms with Gasteiger partial charge in [-0.05, 0) is 25.2 Å². The molecule has 0 aliphatic carbocycles. The van der Waals surface area contributed by atoms with E-state index in [1.807, 2.05) is 6.92 Å². The van der Waals surface area contributed by atoms with E-state index in [0.29, 0.717) is 6.61 Å². The molecule has 2 heteroatoms. The molecule has 2 N–H and O–H groups in total. The largest absolute Gasteiger partial charge is 0.376 e. The Hall–Kier alpha value is -0.520.